The smallest absolute Gasteiger partial charge is 0.0823 e. The summed E-state index contributed by atoms with van der Waals surface area (Å²) in [6.07, 6.45) is -0.564. The van der Waals surface area contributed by atoms with Gasteiger partial charge >= 0.3 is 0 Å². The summed E-state index contributed by atoms with van der Waals surface area (Å²) in [6, 6.07) is 22.8. The average Bonchev–Trinajstić information content (AvgIpc) is 2.66. The largest absolute Gasteiger partial charge is 0.390 e. The Balaban J connectivity index is 1.45. The van der Waals surface area contributed by atoms with Crippen LogP contribution in [0.25, 0.3) is 10.8 Å². The van der Waals surface area contributed by atoms with E-state index in [-0.39, 0.29) is 6.04 Å². The lowest BCUT2D eigenvalue weighted by Crippen LogP contribution is -2.43. The number of aliphatic hydroxyl groups is 1. The molecule has 2 atom stereocenters. The summed E-state index contributed by atoms with van der Waals surface area (Å²) in [6.45, 7) is 1.23. The highest BCUT2D eigenvalue weighted by Crippen LogP contribution is 2.24. The van der Waals surface area contributed by atoms with E-state index in [9.17, 15) is 5.11 Å². The first-order valence-corrected chi connectivity index (χ1v) is 10.7. The third-order valence-electron chi connectivity index (χ3n) is 4.23. The normalized spacial score (nSPS) is 13.7. The van der Waals surface area contributed by atoms with Crippen LogP contribution in [-0.4, -0.2) is 29.5 Å². The second kappa shape index (κ2) is 9.71. The zero-order chi connectivity index (χ0) is 18.4. The predicted octanol–water partition coefficient (Wildman–Crippen LogP) is 4.01. The first kappa shape index (κ1) is 19.6. The maximum atomic E-state index is 10.3. The molecule has 0 fully saturated rings. The van der Waals surface area contributed by atoms with Crippen LogP contribution in [0.2, 0.25) is 0 Å². The van der Waals surface area contributed by atoms with Crippen LogP contribution in [0.4, 0.5) is 0 Å². The minimum Gasteiger partial charge on any atom is -0.390 e. The molecule has 0 amide bonds. The van der Waals surface area contributed by atoms with E-state index in [1.54, 1.807) is 11.8 Å². The van der Waals surface area contributed by atoms with Gasteiger partial charge in [-0.2, -0.15) is 0 Å². The van der Waals surface area contributed by atoms with E-state index in [1.165, 1.54) is 24.8 Å². The van der Waals surface area contributed by atoms with Crippen molar-refractivity contribution >= 4 is 45.1 Å². The average molecular weight is 478 g/mol. The van der Waals surface area contributed by atoms with E-state index < -0.39 is 6.10 Å². The SMILES string of the molecule is N[C@@H](CSc1ccc2ccccc2c1)[C@@H](O)CNCc1cccc(I)c1. The molecule has 3 aromatic carbocycles. The second-order valence-corrected chi connectivity index (χ2v) is 8.65. The number of halogens is 1. The van der Waals surface area contributed by atoms with Crippen LogP contribution in [0.1, 0.15) is 5.56 Å². The third kappa shape index (κ3) is 5.69. The Bertz CT molecular complexity index is 858. The van der Waals surface area contributed by atoms with E-state index in [2.05, 4.69) is 76.4 Å². The van der Waals surface area contributed by atoms with Crippen molar-refractivity contribution in [2.24, 2.45) is 5.73 Å². The molecule has 4 N–H and O–H groups in total. The van der Waals surface area contributed by atoms with Crippen molar-refractivity contribution in [2.45, 2.75) is 23.6 Å². The summed E-state index contributed by atoms with van der Waals surface area (Å²) in [5.41, 5.74) is 7.38. The molecule has 0 aromatic heterocycles. The second-order valence-electron chi connectivity index (χ2n) is 6.31. The van der Waals surface area contributed by atoms with E-state index in [0.717, 1.165) is 6.54 Å². The summed E-state index contributed by atoms with van der Waals surface area (Å²) in [4.78, 5) is 1.18. The van der Waals surface area contributed by atoms with Gasteiger partial charge in [0.25, 0.3) is 0 Å². The Morgan fingerprint density at radius 1 is 1.00 bits per heavy atom. The Hall–Kier alpha value is -1.12. The fourth-order valence-corrected chi connectivity index (χ4v) is 4.31. The van der Waals surface area contributed by atoms with Crippen LogP contribution >= 0.6 is 34.4 Å². The van der Waals surface area contributed by atoms with Crippen molar-refractivity contribution in [2.75, 3.05) is 12.3 Å². The van der Waals surface area contributed by atoms with Crippen LogP contribution in [-0.2, 0) is 6.54 Å². The molecule has 0 bridgehead atoms. The zero-order valence-corrected chi connectivity index (χ0v) is 17.4. The lowest BCUT2D eigenvalue weighted by Gasteiger charge is -2.19. The number of fused-ring (bicyclic) bond motifs is 1. The number of aliphatic hydroxyl groups excluding tert-OH is 1. The maximum absolute atomic E-state index is 10.3. The summed E-state index contributed by atoms with van der Waals surface area (Å²) in [5, 5.41) is 16.1. The molecule has 26 heavy (non-hydrogen) atoms. The van der Waals surface area contributed by atoms with Gasteiger partial charge in [-0.3, -0.25) is 0 Å². The molecular formula is C21H23IN2OS. The highest BCUT2D eigenvalue weighted by Gasteiger charge is 2.14. The molecule has 0 saturated heterocycles. The first-order chi connectivity index (χ1) is 12.6. The van der Waals surface area contributed by atoms with E-state index >= 15 is 0 Å². The molecule has 0 aliphatic carbocycles. The Labute approximate surface area is 172 Å². The third-order valence-corrected chi connectivity index (χ3v) is 6.04. The van der Waals surface area contributed by atoms with Crippen molar-refractivity contribution in [3.63, 3.8) is 0 Å². The lowest BCUT2D eigenvalue weighted by molar-refractivity contribution is 0.150. The summed E-state index contributed by atoms with van der Waals surface area (Å²) < 4.78 is 1.21. The highest BCUT2D eigenvalue weighted by atomic mass is 127. The molecule has 3 rings (SSSR count). The van der Waals surface area contributed by atoms with Gasteiger partial charge in [0.15, 0.2) is 0 Å². The van der Waals surface area contributed by atoms with Crippen molar-refractivity contribution in [1.82, 2.24) is 5.32 Å². The lowest BCUT2D eigenvalue weighted by atomic mass is 10.1. The molecular weight excluding hydrogens is 455 g/mol. The monoisotopic (exact) mass is 478 g/mol. The molecule has 3 aromatic rings. The van der Waals surface area contributed by atoms with Crippen LogP contribution in [0.15, 0.2) is 71.6 Å². The molecule has 0 heterocycles. The summed E-state index contributed by atoms with van der Waals surface area (Å²) in [5.74, 6) is 0.685. The number of benzene rings is 3. The predicted molar refractivity (Wildman–Crippen MR) is 120 cm³/mol. The molecule has 136 valence electrons. The highest BCUT2D eigenvalue weighted by molar-refractivity contribution is 14.1. The van der Waals surface area contributed by atoms with Crippen molar-refractivity contribution < 1.29 is 5.11 Å². The Morgan fingerprint density at radius 2 is 1.81 bits per heavy atom. The number of nitrogens with one attached hydrogen (secondary N) is 1. The molecule has 0 unspecified atom stereocenters. The van der Waals surface area contributed by atoms with Gasteiger partial charge < -0.3 is 16.2 Å². The first-order valence-electron chi connectivity index (χ1n) is 8.62. The Morgan fingerprint density at radius 3 is 2.62 bits per heavy atom. The van der Waals surface area contributed by atoms with Crippen molar-refractivity contribution in [3.8, 4) is 0 Å². The minimum atomic E-state index is -0.564. The topological polar surface area (TPSA) is 58.3 Å². The fourth-order valence-electron chi connectivity index (χ4n) is 2.72. The van der Waals surface area contributed by atoms with Gasteiger partial charge in [-0.1, -0.05) is 42.5 Å². The number of thioether (sulfide) groups is 1. The van der Waals surface area contributed by atoms with Gasteiger partial charge in [-0.05, 0) is 63.2 Å². The Kier molecular flexibility index (Phi) is 7.33. The van der Waals surface area contributed by atoms with E-state index in [4.69, 9.17) is 5.73 Å². The molecule has 0 aliphatic heterocycles. The zero-order valence-electron chi connectivity index (χ0n) is 14.4. The van der Waals surface area contributed by atoms with Gasteiger partial charge in [0.1, 0.15) is 0 Å². The number of hydrogen-bond acceptors (Lipinski definition) is 4. The maximum Gasteiger partial charge on any atom is 0.0823 e. The number of hydrogen-bond donors (Lipinski definition) is 3. The fraction of sp³-hybridized carbons (Fsp3) is 0.238. The van der Waals surface area contributed by atoms with Gasteiger partial charge in [-0.15, -0.1) is 11.8 Å². The van der Waals surface area contributed by atoms with Crippen LogP contribution in [0.3, 0.4) is 0 Å². The quantitative estimate of drug-likeness (QED) is 0.338. The summed E-state index contributed by atoms with van der Waals surface area (Å²) >= 11 is 3.99. The van der Waals surface area contributed by atoms with E-state index in [1.807, 2.05) is 18.2 Å². The van der Waals surface area contributed by atoms with Gasteiger partial charge in [-0.25, -0.2) is 0 Å². The molecule has 0 radical (unpaired) electrons. The summed E-state index contributed by atoms with van der Waals surface area (Å²) in [7, 11) is 0. The van der Waals surface area contributed by atoms with Crippen molar-refractivity contribution in [1.29, 1.82) is 0 Å². The molecule has 5 heteroatoms. The standard InChI is InChI=1S/C21H23IN2OS/c22-18-7-3-4-15(10-18)12-24-13-21(25)20(23)14-26-19-9-8-16-5-1-2-6-17(16)11-19/h1-11,20-21,24-25H,12-14,23H2/t20-,21-/m0/s1. The van der Waals surface area contributed by atoms with E-state index in [0.29, 0.717) is 12.3 Å². The number of nitrogens with two attached hydrogens (primary N) is 1. The van der Waals surface area contributed by atoms with Gasteiger partial charge in [0.2, 0.25) is 0 Å². The molecule has 3 nitrogen and oxygen atoms in total. The molecule has 0 spiro atoms. The van der Waals surface area contributed by atoms with Crippen LogP contribution in [0.5, 0.6) is 0 Å². The minimum absolute atomic E-state index is 0.269. The number of rotatable bonds is 8. The van der Waals surface area contributed by atoms with Crippen LogP contribution in [0, 0.1) is 3.57 Å². The van der Waals surface area contributed by atoms with Crippen LogP contribution < -0.4 is 11.1 Å². The van der Waals surface area contributed by atoms with Crippen molar-refractivity contribution in [3.05, 3.63) is 75.9 Å². The molecule has 0 aliphatic rings. The van der Waals surface area contributed by atoms with Gasteiger partial charge in [0, 0.05) is 33.3 Å². The molecule has 0 saturated carbocycles. The van der Waals surface area contributed by atoms with Gasteiger partial charge in [0.05, 0.1) is 6.10 Å².